The smallest absolute Gasteiger partial charge is 0.217 e. The van der Waals surface area contributed by atoms with Gasteiger partial charge in [-0.1, -0.05) is 0 Å². The van der Waals surface area contributed by atoms with Gasteiger partial charge in [0.1, 0.15) is 0 Å². The van der Waals surface area contributed by atoms with Crippen LogP contribution in [-0.2, 0) is 24.2 Å². The van der Waals surface area contributed by atoms with Crippen LogP contribution < -0.4 is 0 Å². The van der Waals surface area contributed by atoms with E-state index in [9.17, 15) is 8.42 Å². The van der Waals surface area contributed by atoms with Crippen molar-refractivity contribution in [2.75, 3.05) is 52.4 Å². The third-order valence-electron chi connectivity index (χ3n) is 2.82. The second-order valence-corrected chi connectivity index (χ2v) is 6.87. The van der Waals surface area contributed by atoms with E-state index in [4.69, 9.17) is 14.2 Å². The summed E-state index contributed by atoms with van der Waals surface area (Å²) in [5.74, 6) is 0.000143. The quantitative estimate of drug-likeness (QED) is 0.619. The Labute approximate surface area is 109 Å². The van der Waals surface area contributed by atoms with Gasteiger partial charge < -0.3 is 14.2 Å². The molecule has 0 unspecified atom stereocenters. The van der Waals surface area contributed by atoms with Crippen LogP contribution in [0.1, 0.15) is 13.8 Å². The van der Waals surface area contributed by atoms with Crippen molar-refractivity contribution in [1.29, 1.82) is 0 Å². The van der Waals surface area contributed by atoms with Crippen molar-refractivity contribution in [3.8, 4) is 0 Å². The summed E-state index contributed by atoms with van der Waals surface area (Å²) in [7, 11) is -1.71. The number of methoxy groups -OCH3 is 1. The minimum atomic E-state index is -3.29. The molecule has 0 spiro atoms. The van der Waals surface area contributed by atoms with Crippen LogP contribution in [0.5, 0.6) is 0 Å². The van der Waals surface area contributed by atoms with Gasteiger partial charge in [0.15, 0.2) is 0 Å². The lowest BCUT2D eigenvalue weighted by Crippen LogP contribution is -2.56. The van der Waals surface area contributed by atoms with E-state index in [2.05, 4.69) is 0 Å². The molecule has 1 rings (SSSR count). The van der Waals surface area contributed by atoms with Crippen molar-refractivity contribution in [2.45, 2.75) is 19.4 Å². The van der Waals surface area contributed by atoms with E-state index in [1.807, 2.05) is 13.8 Å². The van der Waals surface area contributed by atoms with Gasteiger partial charge in [0.05, 0.1) is 44.3 Å². The van der Waals surface area contributed by atoms with Gasteiger partial charge in [-0.25, -0.2) is 8.42 Å². The lowest BCUT2D eigenvalue weighted by Gasteiger charge is -2.40. The molecule has 6 nitrogen and oxygen atoms in total. The zero-order chi connectivity index (χ0) is 13.6. The molecule has 1 saturated heterocycles. The van der Waals surface area contributed by atoms with Crippen molar-refractivity contribution >= 4 is 10.0 Å². The van der Waals surface area contributed by atoms with Crippen LogP contribution in [-0.4, -0.2) is 70.7 Å². The molecular weight excluding hydrogens is 258 g/mol. The molecule has 0 aliphatic carbocycles. The summed E-state index contributed by atoms with van der Waals surface area (Å²) in [6, 6.07) is 0. The molecule has 0 saturated carbocycles. The first-order valence-corrected chi connectivity index (χ1v) is 7.66. The van der Waals surface area contributed by atoms with Gasteiger partial charge in [-0.15, -0.1) is 0 Å². The molecule has 0 N–H and O–H groups in total. The topological polar surface area (TPSA) is 65.1 Å². The molecule has 1 aliphatic heterocycles. The second kappa shape index (κ2) is 6.81. The highest BCUT2D eigenvalue weighted by atomic mass is 32.2. The Morgan fingerprint density at radius 1 is 1.28 bits per heavy atom. The fourth-order valence-electron chi connectivity index (χ4n) is 1.88. The fraction of sp³-hybridized carbons (Fsp3) is 1.00. The van der Waals surface area contributed by atoms with E-state index in [0.717, 1.165) is 0 Å². The van der Waals surface area contributed by atoms with Crippen LogP contribution in [0.2, 0.25) is 0 Å². The normalized spacial score (nSPS) is 21.1. The predicted octanol–water partition coefficient (Wildman–Crippen LogP) is 0.0900. The largest absolute Gasteiger partial charge is 0.382 e. The van der Waals surface area contributed by atoms with E-state index in [1.165, 1.54) is 4.31 Å². The SMILES string of the molecule is COCCOCCS(=O)(=O)N1CCOCC1(C)C. The molecule has 0 aromatic heterocycles. The summed E-state index contributed by atoms with van der Waals surface area (Å²) in [5, 5.41) is 0. The molecular formula is C11H23NO5S. The number of nitrogens with zero attached hydrogens (tertiary/aromatic N) is 1. The Morgan fingerprint density at radius 3 is 2.61 bits per heavy atom. The van der Waals surface area contributed by atoms with Gasteiger partial charge in [-0.05, 0) is 13.8 Å². The van der Waals surface area contributed by atoms with Gasteiger partial charge in [-0.3, -0.25) is 0 Å². The lowest BCUT2D eigenvalue weighted by atomic mass is 10.1. The number of hydrogen-bond acceptors (Lipinski definition) is 5. The molecule has 0 radical (unpaired) electrons. The highest BCUT2D eigenvalue weighted by Crippen LogP contribution is 2.22. The Kier molecular flexibility index (Phi) is 6.00. The standard InChI is InChI=1S/C11H23NO5S/c1-11(2)10-17-5-4-12(11)18(13,14)9-8-16-7-6-15-3/h4-10H2,1-3H3. The van der Waals surface area contributed by atoms with Gasteiger partial charge >= 0.3 is 0 Å². The van der Waals surface area contributed by atoms with Crippen LogP contribution in [0.4, 0.5) is 0 Å². The summed E-state index contributed by atoms with van der Waals surface area (Å²) in [6.07, 6.45) is 0. The minimum Gasteiger partial charge on any atom is -0.382 e. The first-order valence-electron chi connectivity index (χ1n) is 6.05. The highest BCUT2D eigenvalue weighted by Gasteiger charge is 2.38. The maximum atomic E-state index is 12.2. The molecule has 18 heavy (non-hydrogen) atoms. The van der Waals surface area contributed by atoms with E-state index in [-0.39, 0.29) is 12.4 Å². The van der Waals surface area contributed by atoms with E-state index in [1.54, 1.807) is 7.11 Å². The third kappa shape index (κ3) is 4.47. The maximum Gasteiger partial charge on any atom is 0.217 e. The molecule has 0 atom stereocenters. The summed E-state index contributed by atoms with van der Waals surface area (Å²) in [4.78, 5) is 0. The number of morpholine rings is 1. The molecule has 1 heterocycles. The fourth-order valence-corrected chi connectivity index (χ4v) is 3.59. The van der Waals surface area contributed by atoms with Crippen molar-refractivity contribution in [3.63, 3.8) is 0 Å². The summed E-state index contributed by atoms with van der Waals surface area (Å²) in [6.45, 7) is 6.11. The van der Waals surface area contributed by atoms with E-state index < -0.39 is 15.6 Å². The van der Waals surface area contributed by atoms with Crippen LogP contribution >= 0.6 is 0 Å². The molecule has 1 fully saturated rings. The zero-order valence-electron chi connectivity index (χ0n) is 11.3. The number of rotatable bonds is 7. The Balaban J connectivity index is 2.47. The van der Waals surface area contributed by atoms with Crippen LogP contribution in [0, 0.1) is 0 Å². The van der Waals surface area contributed by atoms with Crippen molar-refractivity contribution < 1.29 is 22.6 Å². The monoisotopic (exact) mass is 281 g/mol. The number of ether oxygens (including phenoxy) is 3. The predicted molar refractivity (Wildman–Crippen MR) is 68.1 cm³/mol. The average molecular weight is 281 g/mol. The third-order valence-corrected chi connectivity index (χ3v) is 4.85. The van der Waals surface area contributed by atoms with Crippen LogP contribution in [0.15, 0.2) is 0 Å². The van der Waals surface area contributed by atoms with E-state index >= 15 is 0 Å². The first-order chi connectivity index (χ1) is 8.40. The first kappa shape index (κ1) is 15.8. The van der Waals surface area contributed by atoms with Gasteiger partial charge in [0.25, 0.3) is 0 Å². The van der Waals surface area contributed by atoms with Gasteiger partial charge in [0, 0.05) is 13.7 Å². The molecule has 0 aromatic rings. The van der Waals surface area contributed by atoms with Crippen molar-refractivity contribution in [3.05, 3.63) is 0 Å². The van der Waals surface area contributed by atoms with Crippen molar-refractivity contribution in [2.24, 2.45) is 0 Å². The summed E-state index contributed by atoms with van der Waals surface area (Å²) in [5.41, 5.74) is -0.483. The van der Waals surface area contributed by atoms with Crippen LogP contribution in [0.3, 0.4) is 0 Å². The Bertz CT molecular complexity index is 341. The molecule has 0 bridgehead atoms. The average Bonchev–Trinajstić information content (AvgIpc) is 2.27. The minimum absolute atomic E-state index is 0.000143. The molecule has 0 amide bonds. The lowest BCUT2D eigenvalue weighted by molar-refractivity contribution is -0.00812. The molecule has 0 aromatic carbocycles. The molecule has 1 aliphatic rings. The summed E-state index contributed by atoms with van der Waals surface area (Å²) >= 11 is 0. The maximum absolute atomic E-state index is 12.2. The van der Waals surface area contributed by atoms with Gasteiger partial charge in [-0.2, -0.15) is 4.31 Å². The molecule has 7 heteroatoms. The summed E-state index contributed by atoms with van der Waals surface area (Å²) < 4.78 is 41.2. The number of sulfonamides is 1. The Morgan fingerprint density at radius 2 is 2.00 bits per heavy atom. The van der Waals surface area contributed by atoms with Crippen LogP contribution in [0.25, 0.3) is 0 Å². The highest BCUT2D eigenvalue weighted by molar-refractivity contribution is 7.89. The number of hydrogen-bond donors (Lipinski definition) is 0. The van der Waals surface area contributed by atoms with Gasteiger partial charge in [0.2, 0.25) is 10.0 Å². The second-order valence-electron chi connectivity index (χ2n) is 4.86. The Hall–Kier alpha value is -0.210. The van der Waals surface area contributed by atoms with Crippen molar-refractivity contribution in [1.82, 2.24) is 4.31 Å². The molecule has 108 valence electrons. The zero-order valence-corrected chi connectivity index (χ0v) is 12.2. The van der Waals surface area contributed by atoms with E-state index in [0.29, 0.717) is 33.0 Å².